The molecule has 1 amide bonds. The molecule has 1 aliphatic rings. The van der Waals surface area contributed by atoms with Crippen LogP contribution in [0.1, 0.15) is 34.8 Å². The van der Waals surface area contributed by atoms with Gasteiger partial charge in [-0.2, -0.15) is 0 Å². The number of amides is 1. The van der Waals surface area contributed by atoms with Gasteiger partial charge in [-0.15, -0.1) is 0 Å². The van der Waals surface area contributed by atoms with Crippen LogP contribution in [0.25, 0.3) is 0 Å². The minimum atomic E-state index is -0.414. The summed E-state index contributed by atoms with van der Waals surface area (Å²) in [5.74, 6) is -1.09. The number of carbonyl (C=O) groups excluding carboxylic acids is 1. The Hall–Kier alpha value is -3.28. The van der Waals surface area contributed by atoms with Gasteiger partial charge in [0.25, 0.3) is 11.5 Å². The fourth-order valence-electron chi connectivity index (χ4n) is 3.77. The average Bonchev–Trinajstić information content (AvgIpc) is 2.71. The van der Waals surface area contributed by atoms with Crippen LogP contribution in [0.5, 0.6) is 0 Å². The van der Waals surface area contributed by atoms with E-state index in [-0.39, 0.29) is 29.8 Å². The van der Waals surface area contributed by atoms with E-state index >= 15 is 0 Å². The minimum absolute atomic E-state index is 0.0543. The first-order chi connectivity index (χ1) is 13.9. The molecule has 0 saturated heterocycles. The van der Waals surface area contributed by atoms with Crippen molar-refractivity contribution in [3.8, 4) is 0 Å². The number of aryl methyl sites for hydroxylation is 1. The molecule has 6 heteroatoms. The van der Waals surface area contributed by atoms with Crippen molar-refractivity contribution in [3.05, 3.63) is 99.5 Å². The van der Waals surface area contributed by atoms with E-state index in [1.165, 1.54) is 34.9 Å². The van der Waals surface area contributed by atoms with Gasteiger partial charge >= 0.3 is 0 Å². The molecule has 1 atom stereocenters. The van der Waals surface area contributed by atoms with Crippen LogP contribution in [-0.4, -0.2) is 16.5 Å². The SMILES string of the molecule is C[C@H]1CCc2cc(F)ccc2N1C(=O)c1cccn(Cc2ccc(F)cc2)c1=O. The van der Waals surface area contributed by atoms with Gasteiger partial charge in [-0.25, -0.2) is 8.78 Å². The summed E-state index contributed by atoms with van der Waals surface area (Å²) < 4.78 is 28.2. The number of aromatic nitrogens is 1. The smallest absolute Gasteiger partial charge is 0.264 e. The summed E-state index contributed by atoms with van der Waals surface area (Å²) in [6.07, 6.45) is 2.98. The van der Waals surface area contributed by atoms with Crippen molar-refractivity contribution in [2.24, 2.45) is 0 Å². The maximum atomic E-state index is 13.6. The van der Waals surface area contributed by atoms with E-state index in [4.69, 9.17) is 0 Å². The molecular weight excluding hydrogens is 374 g/mol. The van der Waals surface area contributed by atoms with Gasteiger partial charge in [-0.1, -0.05) is 12.1 Å². The summed E-state index contributed by atoms with van der Waals surface area (Å²) in [5, 5.41) is 0. The third-order valence-electron chi connectivity index (χ3n) is 5.31. The number of carbonyl (C=O) groups is 1. The van der Waals surface area contributed by atoms with Crippen molar-refractivity contribution in [2.45, 2.75) is 32.4 Å². The van der Waals surface area contributed by atoms with Gasteiger partial charge in [-0.3, -0.25) is 9.59 Å². The lowest BCUT2D eigenvalue weighted by Crippen LogP contribution is -2.44. The summed E-state index contributed by atoms with van der Waals surface area (Å²) >= 11 is 0. The quantitative estimate of drug-likeness (QED) is 0.670. The summed E-state index contributed by atoms with van der Waals surface area (Å²) in [4.78, 5) is 27.9. The van der Waals surface area contributed by atoms with E-state index in [1.807, 2.05) is 6.92 Å². The maximum absolute atomic E-state index is 13.6. The van der Waals surface area contributed by atoms with Crippen LogP contribution in [0.15, 0.2) is 65.6 Å². The fourth-order valence-corrected chi connectivity index (χ4v) is 3.77. The number of fused-ring (bicyclic) bond motifs is 1. The summed E-state index contributed by atoms with van der Waals surface area (Å²) in [7, 11) is 0. The van der Waals surface area contributed by atoms with Gasteiger partial charge in [0.2, 0.25) is 0 Å². The molecule has 2 aromatic carbocycles. The first kappa shape index (κ1) is 19.1. The van der Waals surface area contributed by atoms with Gasteiger partial charge in [0.1, 0.15) is 17.2 Å². The molecule has 2 heterocycles. The molecule has 0 fully saturated rings. The van der Waals surface area contributed by atoms with Crippen molar-refractivity contribution >= 4 is 11.6 Å². The number of halogens is 2. The number of nitrogens with zero attached hydrogens (tertiary/aromatic N) is 2. The second kappa shape index (κ2) is 7.62. The molecule has 3 aromatic rings. The zero-order valence-corrected chi connectivity index (χ0v) is 15.9. The molecule has 0 aliphatic carbocycles. The minimum Gasteiger partial charge on any atom is -0.310 e. The van der Waals surface area contributed by atoms with E-state index in [9.17, 15) is 18.4 Å². The molecule has 0 radical (unpaired) electrons. The van der Waals surface area contributed by atoms with Gasteiger partial charge in [0.05, 0.1) is 6.54 Å². The van der Waals surface area contributed by atoms with E-state index in [1.54, 1.807) is 35.4 Å². The Bertz CT molecular complexity index is 1120. The number of benzene rings is 2. The fraction of sp³-hybridized carbons (Fsp3) is 0.217. The summed E-state index contributed by atoms with van der Waals surface area (Å²) in [6, 6.07) is 13.3. The van der Waals surface area contributed by atoms with Gasteiger partial charge < -0.3 is 9.47 Å². The van der Waals surface area contributed by atoms with Crippen LogP contribution < -0.4 is 10.5 Å². The third kappa shape index (κ3) is 3.70. The van der Waals surface area contributed by atoms with Gasteiger partial charge in [-0.05, 0) is 73.4 Å². The summed E-state index contributed by atoms with van der Waals surface area (Å²) in [5.41, 5.74) is 1.80. The van der Waals surface area contributed by atoms with Crippen molar-refractivity contribution in [2.75, 3.05) is 4.90 Å². The number of pyridine rings is 1. The van der Waals surface area contributed by atoms with Crippen molar-refractivity contribution < 1.29 is 13.6 Å². The highest BCUT2D eigenvalue weighted by Gasteiger charge is 2.30. The molecule has 148 valence electrons. The van der Waals surface area contributed by atoms with Crippen LogP contribution >= 0.6 is 0 Å². The highest BCUT2D eigenvalue weighted by atomic mass is 19.1. The van der Waals surface area contributed by atoms with Crippen molar-refractivity contribution in [3.63, 3.8) is 0 Å². The molecule has 4 rings (SSSR count). The lowest BCUT2D eigenvalue weighted by atomic mass is 9.95. The van der Waals surface area contributed by atoms with Crippen LogP contribution in [-0.2, 0) is 13.0 Å². The maximum Gasteiger partial charge on any atom is 0.264 e. The van der Waals surface area contributed by atoms with E-state index in [0.29, 0.717) is 18.5 Å². The standard InChI is InChI=1S/C23H20F2N2O2/c1-15-4-7-17-13-19(25)10-11-21(17)27(15)23(29)20-3-2-12-26(22(20)28)14-16-5-8-18(24)9-6-16/h2-3,5-6,8-13,15H,4,7,14H2,1H3/t15-/m0/s1. The van der Waals surface area contributed by atoms with E-state index in [2.05, 4.69) is 0 Å². The molecule has 0 spiro atoms. The highest BCUT2D eigenvalue weighted by Crippen LogP contribution is 2.32. The molecule has 0 N–H and O–H groups in total. The molecule has 0 unspecified atom stereocenters. The lowest BCUT2D eigenvalue weighted by molar-refractivity contribution is 0.0973. The van der Waals surface area contributed by atoms with Crippen LogP contribution in [0.4, 0.5) is 14.5 Å². The Balaban J connectivity index is 1.69. The van der Waals surface area contributed by atoms with Crippen LogP contribution in [0.3, 0.4) is 0 Å². The van der Waals surface area contributed by atoms with Crippen molar-refractivity contribution in [1.29, 1.82) is 0 Å². The molecule has 0 bridgehead atoms. The predicted molar refractivity (Wildman–Crippen MR) is 107 cm³/mol. The molecular formula is C23H20F2N2O2. The largest absolute Gasteiger partial charge is 0.310 e. The number of rotatable bonds is 3. The molecule has 1 aromatic heterocycles. The van der Waals surface area contributed by atoms with Gasteiger partial charge in [0.15, 0.2) is 0 Å². The molecule has 0 saturated carbocycles. The average molecular weight is 394 g/mol. The first-order valence-electron chi connectivity index (χ1n) is 9.50. The number of hydrogen-bond acceptors (Lipinski definition) is 2. The Morgan fingerprint density at radius 1 is 1.07 bits per heavy atom. The van der Waals surface area contributed by atoms with Crippen molar-refractivity contribution in [1.82, 2.24) is 4.57 Å². The third-order valence-corrected chi connectivity index (χ3v) is 5.31. The highest BCUT2D eigenvalue weighted by molar-refractivity contribution is 6.06. The molecule has 1 aliphatic heterocycles. The summed E-state index contributed by atoms with van der Waals surface area (Å²) in [6.45, 7) is 2.15. The Labute approximate surface area is 167 Å². The lowest BCUT2D eigenvalue weighted by Gasteiger charge is -2.35. The van der Waals surface area contributed by atoms with Gasteiger partial charge in [0, 0.05) is 17.9 Å². The topological polar surface area (TPSA) is 42.3 Å². The van der Waals surface area contributed by atoms with Crippen LogP contribution in [0.2, 0.25) is 0 Å². The second-order valence-electron chi connectivity index (χ2n) is 7.32. The Kier molecular flexibility index (Phi) is 5.01. The zero-order valence-electron chi connectivity index (χ0n) is 15.9. The molecule has 29 heavy (non-hydrogen) atoms. The van der Waals surface area contributed by atoms with Crippen LogP contribution in [0, 0.1) is 11.6 Å². The van der Waals surface area contributed by atoms with E-state index in [0.717, 1.165) is 11.1 Å². The zero-order chi connectivity index (χ0) is 20.5. The second-order valence-corrected chi connectivity index (χ2v) is 7.32. The van der Waals surface area contributed by atoms with E-state index < -0.39 is 11.5 Å². The predicted octanol–water partition coefficient (Wildman–Crippen LogP) is 4.16. The normalized spacial score (nSPS) is 15.8. The Morgan fingerprint density at radius 3 is 2.55 bits per heavy atom. The number of anilines is 1. The monoisotopic (exact) mass is 394 g/mol. The Morgan fingerprint density at radius 2 is 1.79 bits per heavy atom. The first-order valence-corrected chi connectivity index (χ1v) is 9.50. The molecule has 4 nitrogen and oxygen atoms in total. The number of hydrogen-bond donors (Lipinski definition) is 0.